The molecule has 2 aromatic rings. The van der Waals surface area contributed by atoms with Crippen LogP contribution in [0.2, 0.25) is 0 Å². The lowest BCUT2D eigenvalue weighted by Crippen LogP contribution is -2.39. The van der Waals surface area contributed by atoms with Crippen molar-refractivity contribution < 1.29 is 4.79 Å². The number of nitrogens with one attached hydrogen (secondary N) is 1. The van der Waals surface area contributed by atoms with Crippen LogP contribution >= 0.6 is 11.3 Å². The maximum absolute atomic E-state index is 11.9. The Labute approximate surface area is 116 Å². The van der Waals surface area contributed by atoms with E-state index in [-0.39, 0.29) is 11.8 Å². The highest BCUT2D eigenvalue weighted by Gasteiger charge is 2.17. The molecule has 0 spiro atoms. The van der Waals surface area contributed by atoms with Gasteiger partial charge in [0.1, 0.15) is 5.01 Å². The van der Waals surface area contributed by atoms with Crippen LogP contribution in [0.3, 0.4) is 0 Å². The van der Waals surface area contributed by atoms with Crippen LogP contribution in [0.25, 0.3) is 10.6 Å². The van der Waals surface area contributed by atoms with Gasteiger partial charge in [0.05, 0.1) is 6.04 Å². The third-order valence-electron chi connectivity index (χ3n) is 2.83. The second-order valence-electron chi connectivity index (χ2n) is 4.68. The van der Waals surface area contributed by atoms with E-state index in [2.05, 4.69) is 10.3 Å². The lowest BCUT2D eigenvalue weighted by Gasteiger charge is -2.15. The monoisotopic (exact) mass is 275 g/mol. The first-order valence-electron chi connectivity index (χ1n) is 6.14. The van der Waals surface area contributed by atoms with Gasteiger partial charge in [-0.25, -0.2) is 4.98 Å². The van der Waals surface area contributed by atoms with E-state index in [0.717, 1.165) is 16.3 Å². The minimum atomic E-state index is -0.497. The molecule has 0 saturated carbocycles. The standard InChI is InChI=1S/C14H17N3OS/c1-9(2)12(15)13(18)17-11-5-3-4-10(8-11)14-16-6-7-19-14/h3-9,12H,15H2,1-2H3,(H,17,18). The summed E-state index contributed by atoms with van der Waals surface area (Å²) in [6, 6.07) is 7.12. The number of rotatable bonds is 4. The molecule has 0 bridgehead atoms. The molecule has 0 aliphatic rings. The van der Waals surface area contributed by atoms with Crippen molar-refractivity contribution >= 4 is 22.9 Å². The Morgan fingerprint density at radius 3 is 2.84 bits per heavy atom. The minimum Gasteiger partial charge on any atom is -0.325 e. The van der Waals surface area contributed by atoms with Gasteiger partial charge in [-0.05, 0) is 18.1 Å². The Hall–Kier alpha value is -1.72. The predicted octanol–water partition coefficient (Wildman–Crippen LogP) is 2.73. The summed E-state index contributed by atoms with van der Waals surface area (Å²) in [7, 11) is 0. The smallest absolute Gasteiger partial charge is 0.241 e. The van der Waals surface area contributed by atoms with E-state index in [0.29, 0.717) is 0 Å². The SMILES string of the molecule is CC(C)C(N)C(=O)Nc1cccc(-c2nccs2)c1. The van der Waals surface area contributed by atoms with Crippen molar-refractivity contribution in [2.45, 2.75) is 19.9 Å². The molecule has 1 unspecified atom stereocenters. The molecular weight excluding hydrogens is 258 g/mol. The number of hydrogen-bond acceptors (Lipinski definition) is 4. The minimum absolute atomic E-state index is 0.113. The van der Waals surface area contributed by atoms with E-state index >= 15 is 0 Å². The topological polar surface area (TPSA) is 68.0 Å². The zero-order valence-electron chi connectivity index (χ0n) is 11.0. The number of nitrogens with zero attached hydrogens (tertiary/aromatic N) is 1. The van der Waals surface area contributed by atoms with Crippen LogP contribution in [0.15, 0.2) is 35.8 Å². The first-order valence-corrected chi connectivity index (χ1v) is 7.02. The molecule has 19 heavy (non-hydrogen) atoms. The highest BCUT2D eigenvalue weighted by atomic mass is 32.1. The molecule has 5 heteroatoms. The predicted molar refractivity (Wildman–Crippen MR) is 79.0 cm³/mol. The van der Waals surface area contributed by atoms with E-state index in [1.165, 1.54) is 0 Å². The van der Waals surface area contributed by atoms with Gasteiger partial charge in [0.15, 0.2) is 0 Å². The number of benzene rings is 1. The third-order valence-corrected chi connectivity index (χ3v) is 3.65. The molecule has 4 nitrogen and oxygen atoms in total. The van der Waals surface area contributed by atoms with Crippen molar-refractivity contribution in [1.82, 2.24) is 4.98 Å². The van der Waals surface area contributed by atoms with Crippen LogP contribution in [0, 0.1) is 5.92 Å². The van der Waals surface area contributed by atoms with Crippen LogP contribution in [0.1, 0.15) is 13.8 Å². The summed E-state index contributed by atoms with van der Waals surface area (Å²) in [6.07, 6.45) is 1.76. The average molecular weight is 275 g/mol. The van der Waals surface area contributed by atoms with Gasteiger partial charge in [-0.2, -0.15) is 0 Å². The lowest BCUT2D eigenvalue weighted by molar-refractivity contribution is -0.118. The molecule has 0 aliphatic carbocycles. The van der Waals surface area contributed by atoms with Crippen molar-refractivity contribution in [2.75, 3.05) is 5.32 Å². The Morgan fingerprint density at radius 1 is 1.42 bits per heavy atom. The van der Waals surface area contributed by atoms with Crippen LogP contribution in [0.5, 0.6) is 0 Å². The number of anilines is 1. The van der Waals surface area contributed by atoms with E-state index in [4.69, 9.17) is 5.73 Å². The third kappa shape index (κ3) is 3.39. The number of nitrogens with two attached hydrogens (primary N) is 1. The summed E-state index contributed by atoms with van der Waals surface area (Å²) < 4.78 is 0. The van der Waals surface area contributed by atoms with Crippen molar-refractivity contribution in [3.05, 3.63) is 35.8 Å². The molecule has 3 N–H and O–H groups in total. The van der Waals surface area contributed by atoms with Gasteiger partial charge in [0.25, 0.3) is 0 Å². The zero-order chi connectivity index (χ0) is 13.8. The summed E-state index contributed by atoms with van der Waals surface area (Å²) in [4.78, 5) is 16.2. The summed E-state index contributed by atoms with van der Waals surface area (Å²) in [5, 5.41) is 5.70. The summed E-state index contributed by atoms with van der Waals surface area (Å²) in [6.45, 7) is 3.85. The number of carbonyl (C=O) groups is 1. The molecule has 2 rings (SSSR count). The maximum atomic E-state index is 11.9. The van der Waals surface area contributed by atoms with Crippen LogP contribution in [0.4, 0.5) is 5.69 Å². The molecular formula is C14H17N3OS. The number of carbonyl (C=O) groups excluding carboxylic acids is 1. The zero-order valence-corrected chi connectivity index (χ0v) is 11.8. The molecule has 100 valence electrons. The fourth-order valence-corrected chi connectivity index (χ4v) is 2.26. The maximum Gasteiger partial charge on any atom is 0.241 e. The molecule has 0 radical (unpaired) electrons. The lowest BCUT2D eigenvalue weighted by atomic mass is 10.0. The van der Waals surface area contributed by atoms with Crippen LogP contribution in [-0.4, -0.2) is 16.9 Å². The fraction of sp³-hybridized carbons (Fsp3) is 0.286. The summed E-state index contributed by atoms with van der Waals surface area (Å²) >= 11 is 1.57. The molecule has 1 amide bonds. The Morgan fingerprint density at radius 2 is 2.21 bits per heavy atom. The van der Waals surface area contributed by atoms with Gasteiger partial charge < -0.3 is 11.1 Å². The number of thiazole rings is 1. The number of amides is 1. The number of hydrogen-bond donors (Lipinski definition) is 2. The van der Waals surface area contributed by atoms with Gasteiger partial charge in [0.2, 0.25) is 5.91 Å². The highest BCUT2D eigenvalue weighted by Crippen LogP contribution is 2.24. The van der Waals surface area contributed by atoms with Crippen molar-refractivity contribution in [2.24, 2.45) is 11.7 Å². The molecule has 0 aliphatic heterocycles. The number of aromatic nitrogens is 1. The second kappa shape index (κ2) is 5.95. The first kappa shape index (κ1) is 13.7. The first-order chi connectivity index (χ1) is 9.08. The van der Waals surface area contributed by atoms with E-state index in [1.54, 1.807) is 17.5 Å². The fourth-order valence-electron chi connectivity index (χ4n) is 1.62. The Kier molecular flexibility index (Phi) is 4.29. The van der Waals surface area contributed by atoms with Gasteiger partial charge >= 0.3 is 0 Å². The van der Waals surface area contributed by atoms with Gasteiger partial charge in [0, 0.05) is 22.8 Å². The molecule has 0 fully saturated rings. The quantitative estimate of drug-likeness (QED) is 0.901. The molecule has 1 aromatic heterocycles. The normalized spacial score (nSPS) is 12.4. The summed E-state index contributed by atoms with van der Waals surface area (Å²) in [5.74, 6) is -0.0477. The molecule has 1 heterocycles. The van der Waals surface area contributed by atoms with Gasteiger partial charge in [-0.15, -0.1) is 11.3 Å². The Balaban J connectivity index is 2.14. The van der Waals surface area contributed by atoms with Crippen molar-refractivity contribution in [3.63, 3.8) is 0 Å². The molecule has 1 atom stereocenters. The van der Waals surface area contributed by atoms with Gasteiger partial charge in [-0.1, -0.05) is 26.0 Å². The second-order valence-corrected chi connectivity index (χ2v) is 5.57. The van der Waals surface area contributed by atoms with Crippen molar-refractivity contribution in [3.8, 4) is 10.6 Å². The molecule has 1 aromatic carbocycles. The van der Waals surface area contributed by atoms with E-state index < -0.39 is 6.04 Å². The largest absolute Gasteiger partial charge is 0.325 e. The van der Waals surface area contributed by atoms with E-state index in [9.17, 15) is 4.79 Å². The summed E-state index contributed by atoms with van der Waals surface area (Å²) in [5.41, 5.74) is 7.55. The van der Waals surface area contributed by atoms with Crippen molar-refractivity contribution in [1.29, 1.82) is 0 Å². The van der Waals surface area contributed by atoms with Crippen LogP contribution < -0.4 is 11.1 Å². The van der Waals surface area contributed by atoms with E-state index in [1.807, 2.05) is 43.5 Å². The van der Waals surface area contributed by atoms with Crippen LogP contribution in [-0.2, 0) is 4.79 Å². The average Bonchev–Trinajstić information content (AvgIpc) is 2.91. The molecule has 0 saturated heterocycles. The van der Waals surface area contributed by atoms with Gasteiger partial charge in [-0.3, -0.25) is 4.79 Å². The Bertz CT molecular complexity index is 552. The highest BCUT2D eigenvalue weighted by molar-refractivity contribution is 7.13.